The Hall–Kier alpha value is -2.10. The number of hydrogen-bond donors (Lipinski definition) is 0. The number of aromatic nitrogens is 2. The first kappa shape index (κ1) is 14.0. The highest BCUT2D eigenvalue weighted by molar-refractivity contribution is 5.23. The number of ether oxygens (including phenoxy) is 1. The van der Waals surface area contributed by atoms with E-state index in [1.54, 1.807) is 19.2 Å². The molecular weight excluding hydrogens is 228 g/mol. The minimum atomic E-state index is -0.344. The smallest absolute Gasteiger partial charge is 0.315 e. The Morgan fingerprint density at radius 1 is 1.61 bits per heavy atom. The Balaban J connectivity index is 3.10. The van der Waals surface area contributed by atoms with E-state index in [-0.39, 0.29) is 11.3 Å². The van der Waals surface area contributed by atoms with Gasteiger partial charge >= 0.3 is 5.56 Å². The quantitative estimate of drug-likeness (QED) is 0.748. The lowest BCUT2D eigenvalue weighted by atomic mass is 10.2. The third-order valence-electron chi connectivity index (χ3n) is 2.50. The first-order chi connectivity index (χ1) is 8.62. The van der Waals surface area contributed by atoms with Gasteiger partial charge < -0.3 is 9.30 Å². The monoisotopic (exact) mass is 246 g/mol. The van der Waals surface area contributed by atoms with Gasteiger partial charge in [-0.15, -0.1) is 0 Å². The largest absolute Gasteiger partial charge is 0.490 e. The molecule has 0 amide bonds. The first-order valence-corrected chi connectivity index (χ1v) is 5.68. The van der Waals surface area contributed by atoms with Crippen molar-refractivity contribution in [1.82, 2.24) is 9.55 Å². The van der Waals surface area contributed by atoms with Crippen molar-refractivity contribution in [2.24, 2.45) is 0 Å². The van der Waals surface area contributed by atoms with Crippen LogP contribution in [-0.4, -0.2) is 16.7 Å². The zero-order valence-corrected chi connectivity index (χ0v) is 11.0. The fourth-order valence-corrected chi connectivity index (χ4v) is 1.46. The lowest BCUT2D eigenvalue weighted by molar-refractivity contribution is 0.400. The molecule has 0 aromatic carbocycles. The van der Waals surface area contributed by atoms with Gasteiger partial charge in [0.1, 0.15) is 5.82 Å². The molecule has 0 bridgehead atoms. The number of nitrogens with zero attached hydrogens (tertiary/aromatic N) is 2. The van der Waals surface area contributed by atoms with E-state index in [0.717, 1.165) is 5.57 Å². The molecule has 0 saturated heterocycles. The summed E-state index contributed by atoms with van der Waals surface area (Å²) in [7, 11) is 1.46. The molecule has 4 heteroatoms. The average Bonchev–Trinajstić information content (AvgIpc) is 2.36. The molecular formula is C14H18N2O2. The van der Waals surface area contributed by atoms with Crippen LogP contribution in [0.25, 0.3) is 0 Å². The normalized spacial score (nSPS) is 11.8. The molecule has 0 unspecified atom stereocenters. The first-order valence-electron chi connectivity index (χ1n) is 5.68. The van der Waals surface area contributed by atoms with Crippen molar-refractivity contribution >= 4 is 0 Å². The van der Waals surface area contributed by atoms with Gasteiger partial charge in [-0.25, -0.2) is 0 Å². The molecule has 1 aromatic heterocycles. The van der Waals surface area contributed by atoms with Crippen molar-refractivity contribution in [3.8, 4) is 5.75 Å². The number of allylic oxidation sites excluding steroid dienone is 5. The minimum Gasteiger partial charge on any atom is -0.490 e. The van der Waals surface area contributed by atoms with Gasteiger partial charge in [0.05, 0.1) is 13.3 Å². The summed E-state index contributed by atoms with van der Waals surface area (Å²) in [4.78, 5) is 15.4. The van der Waals surface area contributed by atoms with Crippen LogP contribution in [0.4, 0.5) is 0 Å². The SMILES string of the molecule is C=C/C(=C\C=C/C)Cn1cc(OC)c(=O)nc1C. The molecule has 0 aliphatic rings. The van der Waals surface area contributed by atoms with Crippen molar-refractivity contribution in [3.05, 3.63) is 58.8 Å². The molecule has 0 atom stereocenters. The van der Waals surface area contributed by atoms with Gasteiger partial charge in [0.25, 0.3) is 0 Å². The minimum absolute atomic E-state index is 0.245. The van der Waals surface area contributed by atoms with Crippen LogP contribution in [0.2, 0.25) is 0 Å². The molecule has 0 spiro atoms. The fourth-order valence-electron chi connectivity index (χ4n) is 1.46. The van der Waals surface area contributed by atoms with Crippen molar-refractivity contribution in [2.45, 2.75) is 20.4 Å². The van der Waals surface area contributed by atoms with Gasteiger partial charge in [0.2, 0.25) is 5.75 Å². The summed E-state index contributed by atoms with van der Waals surface area (Å²) < 4.78 is 6.84. The molecule has 0 aliphatic heterocycles. The Morgan fingerprint density at radius 2 is 2.33 bits per heavy atom. The van der Waals surface area contributed by atoms with Crippen LogP contribution in [0.5, 0.6) is 5.75 Å². The molecule has 18 heavy (non-hydrogen) atoms. The van der Waals surface area contributed by atoms with E-state index in [0.29, 0.717) is 12.4 Å². The molecule has 0 aliphatic carbocycles. The third-order valence-corrected chi connectivity index (χ3v) is 2.50. The van der Waals surface area contributed by atoms with Gasteiger partial charge in [-0.05, 0) is 19.4 Å². The number of hydrogen-bond acceptors (Lipinski definition) is 3. The van der Waals surface area contributed by atoms with Crippen molar-refractivity contribution in [3.63, 3.8) is 0 Å². The van der Waals surface area contributed by atoms with Crippen LogP contribution >= 0.6 is 0 Å². The van der Waals surface area contributed by atoms with Crippen molar-refractivity contribution in [2.75, 3.05) is 7.11 Å². The fraction of sp³-hybridized carbons (Fsp3) is 0.286. The van der Waals surface area contributed by atoms with Gasteiger partial charge in [0.15, 0.2) is 0 Å². The second kappa shape index (κ2) is 6.59. The zero-order valence-electron chi connectivity index (χ0n) is 11.0. The predicted octanol–water partition coefficient (Wildman–Crippen LogP) is 2.25. The van der Waals surface area contributed by atoms with Crippen LogP contribution in [-0.2, 0) is 6.54 Å². The van der Waals surface area contributed by atoms with E-state index >= 15 is 0 Å². The van der Waals surface area contributed by atoms with E-state index in [4.69, 9.17) is 4.74 Å². The number of aryl methyl sites for hydroxylation is 1. The summed E-state index contributed by atoms with van der Waals surface area (Å²) in [6, 6.07) is 0. The number of methoxy groups -OCH3 is 1. The van der Waals surface area contributed by atoms with Crippen molar-refractivity contribution < 1.29 is 4.74 Å². The molecule has 4 nitrogen and oxygen atoms in total. The van der Waals surface area contributed by atoms with Crippen LogP contribution < -0.4 is 10.3 Å². The van der Waals surface area contributed by atoms with Gasteiger partial charge in [-0.2, -0.15) is 4.98 Å². The van der Waals surface area contributed by atoms with Crippen LogP contribution in [0, 0.1) is 6.92 Å². The summed E-state index contributed by atoms with van der Waals surface area (Å²) in [5.41, 5.74) is 0.688. The maximum absolute atomic E-state index is 11.5. The van der Waals surface area contributed by atoms with Crippen LogP contribution in [0.1, 0.15) is 12.7 Å². The topological polar surface area (TPSA) is 44.1 Å². The van der Waals surface area contributed by atoms with E-state index in [2.05, 4.69) is 11.6 Å². The molecule has 0 radical (unpaired) electrons. The average molecular weight is 246 g/mol. The summed E-state index contributed by atoms with van der Waals surface area (Å²) in [5, 5.41) is 0. The highest BCUT2D eigenvalue weighted by atomic mass is 16.5. The lowest BCUT2D eigenvalue weighted by Gasteiger charge is -2.11. The Kier molecular flexibility index (Phi) is 5.11. The molecule has 1 rings (SSSR count). The second-order valence-electron chi connectivity index (χ2n) is 3.76. The van der Waals surface area contributed by atoms with E-state index in [1.807, 2.05) is 29.7 Å². The van der Waals surface area contributed by atoms with Crippen LogP contribution in [0.15, 0.2) is 47.4 Å². The van der Waals surface area contributed by atoms with Gasteiger partial charge in [-0.1, -0.05) is 30.9 Å². The molecule has 96 valence electrons. The molecule has 0 N–H and O–H groups in total. The maximum Gasteiger partial charge on any atom is 0.315 e. The van der Waals surface area contributed by atoms with E-state index in [9.17, 15) is 4.79 Å². The summed E-state index contributed by atoms with van der Waals surface area (Å²) >= 11 is 0. The highest BCUT2D eigenvalue weighted by Crippen LogP contribution is 2.08. The predicted molar refractivity (Wildman–Crippen MR) is 72.9 cm³/mol. The molecule has 1 heterocycles. The van der Waals surface area contributed by atoms with E-state index < -0.39 is 0 Å². The third kappa shape index (κ3) is 3.45. The maximum atomic E-state index is 11.5. The van der Waals surface area contributed by atoms with Crippen molar-refractivity contribution in [1.29, 1.82) is 0 Å². The molecule has 1 aromatic rings. The summed E-state index contributed by atoms with van der Waals surface area (Å²) in [6.45, 7) is 8.11. The van der Waals surface area contributed by atoms with Gasteiger partial charge in [0, 0.05) is 6.54 Å². The second-order valence-corrected chi connectivity index (χ2v) is 3.76. The molecule has 0 saturated carbocycles. The number of rotatable bonds is 5. The summed E-state index contributed by atoms with van der Waals surface area (Å²) in [5.74, 6) is 0.893. The lowest BCUT2D eigenvalue weighted by Crippen LogP contribution is -2.17. The standard InChI is InChI=1S/C14H18N2O2/c1-5-7-8-12(6-2)9-16-10-13(18-4)14(17)15-11(16)3/h5-8,10H,2,9H2,1,3-4H3/b7-5-,12-8+. The Labute approximate surface area is 107 Å². The van der Waals surface area contributed by atoms with E-state index in [1.165, 1.54) is 7.11 Å². The van der Waals surface area contributed by atoms with Gasteiger partial charge in [-0.3, -0.25) is 4.79 Å². The highest BCUT2D eigenvalue weighted by Gasteiger charge is 2.05. The zero-order chi connectivity index (χ0) is 13.5. The van der Waals surface area contributed by atoms with Crippen LogP contribution in [0.3, 0.4) is 0 Å². The molecule has 0 fully saturated rings. The summed E-state index contributed by atoms with van der Waals surface area (Å²) in [6.07, 6.45) is 9.30. The Morgan fingerprint density at radius 3 is 2.89 bits per heavy atom. The Bertz CT molecular complexity index is 539.